The van der Waals surface area contributed by atoms with E-state index in [0.29, 0.717) is 0 Å². The third kappa shape index (κ3) is 1.06. The molecule has 0 aromatic heterocycles. The Labute approximate surface area is 84.3 Å². The maximum absolute atomic E-state index is 8.97. The van der Waals surface area contributed by atoms with Gasteiger partial charge in [-0.3, -0.25) is 0 Å². The van der Waals surface area contributed by atoms with Crippen LogP contribution in [0.1, 0.15) is 30.5 Å². The first kappa shape index (κ1) is 9.23. The number of benzene rings is 1. The molecule has 0 amide bonds. The number of hydrogen-bond donors (Lipinski definition) is 1. The van der Waals surface area contributed by atoms with Crippen LogP contribution in [0.5, 0.6) is 0 Å². The van der Waals surface area contributed by atoms with Gasteiger partial charge in [-0.15, -0.1) is 0 Å². The predicted molar refractivity (Wildman–Crippen MR) is 55.9 cm³/mol. The first-order chi connectivity index (χ1) is 6.57. The Hall–Kier alpha value is -1.33. The van der Waals surface area contributed by atoms with Gasteiger partial charge in [0.2, 0.25) is 0 Å². The van der Waals surface area contributed by atoms with Crippen molar-refractivity contribution in [3.05, 3.63) is 34.9 Å². The second kappa shape index (κ2) is 2.83. The Kier molecular flexibility index (Phi) is 1.87. The summed E-state index contributed by atoms with van der Waals surface area (Å²) in [4.78, 5) is 0. The molecule has 14 heavy (non-hydrogen) atoms. The van der Waals surface area contributed by atoms with Gasteiger partial charge in [0.05, 0.1) is 11.6 Å². The third-order valence-electron chi connectivity index (χ3n) is 3.34. The zero-order valence-electron chi connectivity index (χ0n) is 8.54. The van der Waals surface area contributed by atoms with E-state index < -0.39 is 0 Å². The third-order valence-corrected chi connectivity index (χ3v) is 3.34. The van der Waals surface area contributed by atoms with Crippen LogP contribution < -0.4 is 5.73 Å². The SMILES string of the molecule is CC1(C)c2cccc(C#N)c2CC1N. The molecule has 1 aromatic carbocycles. The summed E-state index contributed by atoms with van der Waals surface area (Å²) in [5, 5.41) is 8.97. The van der Waals surface area contributed by atoms with Gasteiger partial charge in [0.25, 0.3) is 0 Å². The zero-order chi connectivity index (χ0) is 10.3. The maximum Gasteiger partial charge on any atom is 0.0994 e. The number of fused-ring (bicyclic) bond motifs is 1. The van der Waals surface area contributed by atoms with Crippen LogP contribution in [0.25, 0.3) is 0 Å². The minimum Gasteiger partial charge on any atom is -0.327 e. The average Bonchev–Trinajstić information content (AvgIpc) is 2.39. The highest BCUT2D eigenvalue weighted by molar-refractivity contribution is 5.50. The van der Waals surface area contributed by atoms with E-state index in [1.807, 2.05) is 12.1 Å². The molecule has 0 radical (unpaired) electrons. The summed E-state index contributed by atoms with van der Waals surface area (Å²) >= 11 is 0. The van der Waals surface area contributed by atoms with E-state index in [1.54, 1.807) is 0 Å². The molecule has 72 valence electrons. The Bertz CT molecular complexity index is 413. The topological polar surface area (TPSA) is 49.8 Å². The Balaban J connectivity index is 2.65. The van der Waals surface area contributed by atoms with E-state index in [9.17, 15) is 0 Å². The average molecular weight is 186 g/mol. The number of hydrogen-bond acceptors (Lipinski definition) is 2. The van der Waals surface area contributed by atoms with Crippen molar-refractivity contribution in [2.45, 2.75) is 31.7 Å². The molecule has 2 rings (SSSR count). The van der Waals surface area contributed by atoms with Crippen molar-refractivity contribution in [1.29, 1.82) is 5.26 Å². The molecule has 1 aliphatic carbocycles. The van der Waals surface area contributed by atoms with E-state index in [4.69, 9.17) is 11.0 Å². The molecule has 0 bridgehead atoms. The van der Waals surface area contributed by atoms with Crippen LogP contribution in [0.4, 0.5) is 0 Å². The number of nitriles is 1. The number of nitrogens with zero attached hydrogens (tertiary/aromatic N) is 1. The van der Waals surface area contributed by atoms with E-state index in [2.05, 4.69) is 26.0 Å². The second-order valence-corrected chi connectivity index (χ2v) is 4.48. The van der Waals surface area contributed by atoms with Crippen molar-refractivity contribution in [3.63, 3.8) is 0 Å². The molecule has 0 heterocycles. The normalized spacial score (nSPS) is 22.9. The molecule has 0 spiro atoms. The summed E-state index contributed by atoms with van der Waals surface area (Å²) in [7, 11) is 0. The van der Waals surface area contributed by atoms with Crippen LogP contribution >= 0.6 is 0 Å². The quantitative estimate of drug-likeness (QED) is 0.670. The molecular weight excluding hydrogens is 172 g/mol. The summed E-state index contributed by atoms with van der Waals surface area (Å²) in [6.07, 6.45) is 0.825. The maximum atomic E-state index is 8.97. The van der Waals surface area contributed by atoms with Crippen LogP contribution in [0.15, 0.2) is 18.2 Å². The van der Waals surface area contributed by atoms with Crippen molar-refractivity contribution in [2.24, 2.45) is 5.73 Å². The van der Waals surface area contributed by atoms with Gasteiger partial charge in [0, 0.05) is 11.5 Å². The molecule has 0 aliphatic heterocycles. The predicted octanol–water partition coefficient (Wildman–Crippen LogP) is 1.72. The second-order valence-electron chi connectivity index (χ2n) is 4.48. The molecule has 2 heteroatoms. The van der Waals surface area contributed by atoms with E-state index >= 15 is 0 Å². The fourth-order valence-corrected chi connectivity index (χ4v) is 2.19. The minimum absolute atomic E-state index is 0.00218. The monoisotopic (exact) mass is 186 g/mol. The van der Waals surface area contributed by atoms with Gasteiger partial charge in [0.1, 0.15) is 0 Å². The molecule has 1 aromatic rings. The van der Waals surface area contributed by atoms with Crippen LogP contribution in [-0.4, -0.2) is 6.04 Å². The molecule has 0 saturated heterocycles. The van der Waals surface area contributed by atoms with Gasteiger partial charge in [0.15, 0.2) is 0 Å². The van der Waals surface area contributed by atoms with Crippen molar-refractivity contribution < 1.29 is 0 Å². The van der Waals surface area contributed by atoms with Crippen LogP contribution in [-0.2, 0) is 11.8 Å². The van der Waals surface area contributed by atoms with Gasteiger partial charge in [-0.25, -0.2) is 0 Å². The minimum atomic E-state index is 0.00218. The summed E-state index contributed by atoms with van der Waals surface area (Å²) in [5.74, 6) is 0. The lowest BCUT2D eigenvalue weighted by atomic mass is 9.83. The van der Waals surface area contributed by atoms with Crippen molar-refractivity contribution in [2.75, 3.05) is 0 Å². The van der Waals surface area contributed by atoms with E-state index in [0.717, 1.165) is 17.5 Å². The Morgan fingerprint density at radius 2 is 2.21 bits per heavy atom. The largest absolute Gasteiger partial charge is 0.327 e. The highest BCUT2D eigenvalue weighted by Gasteiger charge is 2.37. The smallest absolute Gasteiger partial charge is 0.0994 e. The lowest BCUT2D eigenvalue weighted by Crippen LogP contribution is -2.36. The van der Waals surface area contributed by atoms with Crippen LogP contribution in [0, 0.1) is 11.3 Å². The highest BCUT2D eigenvalue weighted by Crippen LogP contribution is 2.38. The van der Waals surface area contributed by atoms with Gasteiger partial charge in [-0.05, 0) is 23.6 Å². The fraction of sp³-hybridized carbons (Fsp3) is 0.417. The first-order valence-corrected chi connectivity index (χ1v) is 4.85. The molecule has 0 saturated carbocycles. The van der Waals surface area contributed by atoms with Crippen molar-refractivity contribution in [1.82, 2.24) is 0 Å². The summed E-state index contributed by atoms with van der Waals surface area (Å²) < 4.78 is 0. The molecule has 2 nitrogen and oxygen atoms in total. The summed E-state index contributed by atoms with van der Waals surface area (Å²) in [5.41, 5.74) is 9.25. The zero-order valence-corrected chi connectivity index (χ0v) is 8.54. The lowest BCUT2D eigenvalue weighted by molar-refractivity contribution is 0.445. The number of rotatable bonds is 0. The van der Waals surface area contributed by atoms with Gasteiger partial charge < -0.3 is 5.73 Å². The molecule has 1 aliphatic rings. The molecule has 1 unspecified atom stereocenters. The van der Waals surface area contributed by atoms with Crippen molar-refractivity contribution >= 4 is 0 Å². The molecule has 0 fully saturated rings. The van der Waals surface area contributed by atoms with Crippen molar-refractivity contribution in [3.8, 4) is 6.07 Å². The van der Waals surface area contributed by atoms with Crippen LogP contribution in [0.2, 0.25) is 0 Å². The lowest BCUT2D eigenvalue weighted by Gasteiger charge is -2.24. The van der Waals surface area contributed by atoms with Gasteiger partial charge >= 0.3 is 0 Å². The van der Waals surface area contributed by atoms with E-state index in [-0.39, 0.29) is 11.5 Å². The molecule has 2 N–H and O–H groups in total. The number of nitrogens with two attached hydrogens (primary N) is 1. The Morgan fingerprint density at radius 3 is 2.86 bits per heavy atom. The fourth-order valence-electron chi connectivity index (χ4n) is 2.19. The summed E-state index contributed by atoms with van der Waals surface area (Å²) in [6, 6.07) is 8.26. The summed E-state index contributed by atoms with van der Waals surface area (Å²) in [6.45, 7) is 4.29. The van der Waals surface area contributed by atoms with E-state index in [1.165, 1.54) is 5.56 Å². The Morgan fingerprint density at radius 1 is 1.50 bits per heavy atom. The van der Waals surface area contributed by atoms with Gasteiger partial charge in [-0.1, -0.05) is 26.0 Å². The highest BCUT2D eigenvalue weighted by atomic mass is 14.7. The standard InChI is InChI=1S/C12H14N2/c1-12(2)10-5-3-4-8(7-13)9(10)6-11(12)14/h3-5,11H,6,14H2,1-2H3. The molecular formula is C12H14N2. The molecule has 1 atom stereocenters. The van der Waals surface area contributed by atoms with Gasteiger partial charge in [-0.2, -0.15) is 5.26 Å². The first-order valence-electron chi connectivity index (χ1n) is 4.85. The van der Waals surface area contributed by atoms with Crippen LogP contribution in [0.3, 0.4) is 0 Å².